The standard InChI is InChI=1S/C6H11N3O/c1-5(2)9(8-10)6(3)4-7/h5-6H,1-3H3. The van der Waals surface area contributed by atoms with Crippen LogP contribution in [0.5, 0.6) is 0 Å². The molecular weight excluding hydrogens is 130 g/mol. The monoisotopic (exact) mass is 141 g/mol. The van der Waals surface area contributed by atoms with Gasteiger partial charge in [-0.05, 0) is 20.8 Å². The molecule has 0 aliphatic heterocycles. The maximum Gasteiger partial charge on any atom is 0.134 e. The minimum absolute atomic E-state index is 0.00727. The van der Waals surface area contributed by atoms with Gasteiger partial charge in [-0.2, -0.15) is 5.26 Å². The quantitative estimate of drug-likeness (QED) is 0.439. The second-order valence-corrected chi connectivity index (χ2v) is 2.36. The van der Waals surface area contributed by atoms with Gasteiger partial charge in [0.05, 0.1) is 11.4 Å². The molecule has 0 amide bonds. The highest BCUT2D eigenvalue weighted by molar-refractivity contribution is 4.87. The molecule has 56 valence electrons. The van der Waals surface area contributed by atoms with Crippen LogP contribution in [0.25, 0.3) is 0 Å². The molecule has 0 fully saturated rings. The summed E-state index contributed by atoms with van der Waals surface area (Å²) in [4.78, 5) is 10.1. The first kappa shape index (κ1) is 8.89. The second-order valence-electron chi connectivity index (χ2n) is 2.36. The first-order chi connectivity index (χ1) is 4.63. The molecule has 0 aromatic heterocycles. The van der Waals surface area contributed by atoms with E-state index in [1.165, 1.54) is 5.01 Å². The Kier molecular flexibility index (Phi) is 3.40. The van der Waals surface area contributed by atoms with Gasteiger partial charge in [-0.15, -0.1) is 4.91 Å². The van der Waals surface area contributed by atoms with Gasteiger partial charge < -0.3 is 0 Å². The molecule has 0 rings (SSSR count). The third-order valence-electron chi connectivity index (χ3n) is 1.21. The van der Waals surface area contributed by atoms with E-state index in [0.29, 0.717) is 0 Å². The van der Waals surface area contributed by atoms with Gasteiger partial charge in [-0.3, -0.25) is 0 Å². The van der Waals surface area contributed by atoms with Crippen molar-refractivity contribution in [3.05, 3.63) is 4.91 Å². The van der Waals surface area contributed by atoms with Gasteiger partial charge in [0, 0.05) is 6.04 Å². The first-order valence-corrected chi connectivity index (χ1v) is 3.14. The molecule has 0 bridgehead atoms. The van der Waals surface area contributed by atoms with Crippen molar-refractivity contribution >= 4 is 0 Å². The number of hydrogen-bond acceptors (Lipinski definition) is 3. The normalized spacial score (nSPS) is 12.3. The Balaban J connectivity index is 4.09. The highest BCUT2D eigenvalue weighted by Crippen LogP contribution is 2.03. The van der Waals surface area contributed by atoms with E-state index in [2.05, 4.69) is 5.29 Å². The van der Waals surface area contributed by atoms with Crippen molar-refractivity contribution in [3.8, 4) is 6.07 Å². The highest BCUT2D eigenvalue weighted by atomic mass is 16.3. The molecule has 0 radical (unpaired) electrons. The van der Waals surface area contributed by atoms with Crippen LogP contribution in [0.1, 0.15) is 20.8 Å². The molecule has 4 heteroatoms. The molecule has 0 aromatic carbocycles. The summed E-state index contributed by atoms with van der Waals surface area (Å²) < 4.78 is 0. The van der Waals surface area contributed by atoms with Crippen LogP contribution in [0.3, 0.4) is 0 Å². The highest BCUT2D eigenvalue weighted by Gasteiger charge is 2.14. The van der Waals surface area contributed by atoms with E-state index in [0.717, 1.165) is 0 Å². The predicted octanol–water partition coefficient (Wildman–Crippen LogP) is 1.29. The van der Waals surface area contributed by atoms with Crippen molar-refractivity contribution in [3.63, 3.8) is 0 Å². The summed E-state index contributed by atoms with van der Waals surface area (Å²) in [5, 5.41) is 12.3. The van der Waals surface area contributed by atoms with Gasteiger partial charge in [0.25, 0.3) is 0 Å². The summed E-state index contributed by atoms with van der Waals surface area (Å²) in [6.45, 7) is 5.27. The maximum atomic E-state index is 10.1. The van der Waals surface area contributed by atoms with Crippen molar-refractivity contribution in [2.24, 2.45) is 5.29 Å². The smallest absolute Gasteiger partial charge is 0.134 e. The minimum Gasteiger partial charge on any atom is -0.241 e. The number of nitriles is 1. The Labute approximate surface area is 60.4 Å². The molecule has 0 spiro atoms. The van der Waals surface area contributed by atoms with Crippen LogP contribution >= 0.6 is 0 Å². The molecule has 0 aliphatic carbocycles. The van der Waals surface area contributed by atoms with E-state index in [9.17, 15) is 4.91 Å². The van der Waals surface area contributed by atoms with E-state index in [-0.39, 0.29) is 6.04 Å². The van der Waals surface area contributed by atoms with Crippen molar-refractivity contribution in [2.75, 3.05) is 0 Å². The van der Waals surface area contributed by atoms with Crippen LogP contribution in [0.15, 0.2) is 5.29 Å². The fourth-order valence-electron chi connectivity index (χ4n) is 0.671. The lowest BCUT2D eigenvalue weighted by Gasteiger charge is -2.20. The Morgan fingerprint density at radius 2 is 2.00 bits per heavy atom. The molecule has 0 saturated heterocycles. The predicted molar refractivity (Wildman–Crippen MR) is 37.8 cm³/mol. The lowest BCUT2D eigenvalue weighted by atomic mass is 10.3. The van der Waals surface area contributed by atoms with Crippen LogP contribution in [0, 0.1) is 16.2 Å². The minimum atomic E-state index is -0.433. The Bertz CT molecular complexity index is 150. The molecule has 1 unspecified atom stereocenters. The summed E-state index contributed by atoms with van der Waals surface area (Å²) >= 11 is 0. The zero-order valence-corrected chi connectivity index (χ0v) is 6.40. The van der Waals surface area contributed by atoms with Gasteiger partial charge in [0.1, 0.15) is 6.04 Å². The Morgan fingerprint density at radius 3 is 2.10 bits per heavy atom. The SMILES string of the molecule is CC(C)N(N=O)C(C)C#N. The van der Waals surface area contributed by atoms with Gasteiger partial charge in [-0.25, -0.2) is 5.01 Å². The van der Waals surface area contributed by atoms with Crippen molar-refractivity contribution in [1.82, 2.24) is 5.01 Å². The maximum absolute atomic E-state index is 10.1. The van der Waals surface area contributed by atoms with Crippen LogP contribution in [0.4, 0.5) is 0 Å². The molecular formula is C6H11N3O. The lowest BCUT2D eigenvalue weighted by molar-refractivity contribution is 0.202. The Morgan fingerprint density at radius 1 is 1.50 bits per heavy atom. The number of hydrogen-bond donors (Lipinski definition) is 0. The van der Waals surface area contributed by atoms with Gasteiger partial charge in [0.2, 0.25) is 0 Å². The topological polar surface area (TPSA) is 56.5 Å². The van der Waals surface area contributed by atoms with E-state index in [1.54, 1.807) is 6.92 Å². The van der Waals surface area contributed by atoms with Crippen LogP contribution in [-0.4, -0.2) is 17.1 Å². The van der Waals surface area contributed by atoms with Crippen molar-refractivity contribution < 1.29 is 0 Å². The largest absolute Gasteiger partial charge is 0.241 e. The van der Waals surface area contributed by atoms with Gasteiger partial charge >= 0.3 is 0 Å². The fraction of sp³-hybridized carbons (Fsp3) is 0.833. The van der Waals surface area contributed by atoms with E-state index < -0.39 is 6.04 Å². The van der Waals surface area contributed by atoms with E-state index >= 15 is 0 Å². The average molecular weight is 141 g/mol. The lowest BCUT2D eigenvalue weighted by Crippen LogP contribution is -2.32. The van der Waals surface area contributed by atoms with Crippen LogP contribution < -0.4 is 0 Å². The fourth-order valence-corrected chi connectivity index (χ4v) is 0.671. The molecule has 0 N–H and O–H groups in total. The van der Waals surface area contributed by atoms with Gasteiger partial charge in [-0.1, -0.05) is 0 Å². The molecule has 0 aromatic rings. The molecule has 4 nitrogen and oxygen atoms in total. The summed E-state index contributed by atoms with van der Waals surface area (Å²) in [6.07, 6.45) is 0. The number of nitrogens with zero attached hydrogens (tertiary/aromatic N) is 3. The molecule has 0 heterocycles. The van der Waals surface area contributed by atoms with Gasteiger partial charge in [0.15, 0.2) is 0 Å². The summed E-state index contributed by atoms with van der Waals surface area (Å²) in [5.74, 6) is 0. The van der Waals surface area contributed by atoms with E-state index in [4.69, 9.17) is 5.26 Å². The van der Waals surface area contributed by atoms with Crippen molar-refractivity contribution in [1.29, 1.82) is 5.26 Å². The summed E-state index contributed by atoms with van der Waals surface area (Å²) in [5.41, 5.74) is 0. The average Bonchev–Trinajstić information content (AvgIpc) is 1.88. The molecule has 1 atom stereocenters. The molecule has 0 saturated carbocycles. The van der Waals surface area contributed by atoms with Crippen LogP contribution in [-0.2, 0) is 0 Å². The summed E-state index contributed by atoms with van der Waals surface area (Å²) in [7, 11) is 0. The molecule has 0 aliphatic rings. The number of rotatable bonds is 3. The number of nitroso groups, excluding NO2 is 1. The van der Waals surface area contributed by atoms with E-state index in [1.807, 2.05) is 19.9 Å². The second kappa shape index (κ2) is 3.83. The van der Waals surface area contributed by atoms with Crippen LogP contribution in [0.2, 0.25) is 0 Å². The zero-order valence-electron chi connectivity index (χ0n) is 6.40. The van der Waals surface area contributed by atoms with Crippen molar-refractivity contribution in [2.45, 2.75) is 32.9 Å². The first-order valence-electron chi connectivity index (χ1n) is 3.14. The molecule has 10 heavy (non-hydrogen) atoms. The Hall–Kier alpha value is -1.11. The third-order valence-corrected chi connectivity index (χ3v) is 1.21. The zero-order chi connectivity index (χ0) is 8.15. The summed E-state index contributed by atoms with van der Waals surface area (Å²) in [6, 6.07) is 1.49. The third kappa shape index (κ3) is 2.02.